The van der Waals surface area contributed by atoms with E-state index in [0.717, 1.165) is 0 Å². The highest BCUT2D eigenvalue weighted by Crippen LogP contribution is 2.18. The number of rotatable bonds is 4. The van der Waals surface area contributed by atoms with Gasteiger partial charge in [-0.25, -0.2) is 0 Å². The van der Waals surface area contributed by atoms with E-state index in [-0.39, 0.29) is 16.9 Å². The van der Waals surface area contributed by atoms with E-state index in [4.69, 9.17) is 4.74 Å². The van der Waals surface area contributed by atoms with Crippen molar-refractivity contribution in [2.24, 2.45) is 0 Å². The molecule has 0 radical (unpaired) electrons. The first-order valence-corrected chi connectivity index (χ1v) is 4.12. The highest BCUT2D eigenvalue weighted by molar-refractivity contribution is 5.91. The van der Waals surface area contributed by atoms with E-state index in [0.29, 0.717) is 12.9 Å². The number of aromatic carboxylic acids is 1. The van der Waals surface area contributed by atoms with Crippen molar-refractivity contribution in [2.45, 2.75) is 6.92 Å². The lowest BCUT2D eigenvalue weighted by molar-refractivity contribution is -0.255. The van der Waals surface area contributed by atoms with Crippen LogP contribution in [-0.4, -0.2) is 18.9 Å². The molecule has 0 fully saturated rings. The van der Waals surface area contributed by atoms with Crippen LogP contribution in [0.4, 0.5) is 0 Å². The molecular weight excluding hydrogens is 184 g/mol. The summed E-state index contributed by atoms with van der Waals surface area (Å²) in [5, 5.41) is 10.7. The van der Waals surface area contributed by atoms with Gasteiger partial charge in [-0.15, -0.1) is 0 Å². The van der Waals surface area contributed by atoms with E-state index < -0.39 is 5.97 Å². The zero-order chi connectivity index (χ0) is 10.6. The van der Waals surface area contributed by atoms with Crippen LogP contribution in [0.2, 0.25) is 0 Å². The molecule has 0 atom stereocenters. The van der Waals surface area contributed by atoms with Crippen molar-refractivity contribution >= 4 is 12.3 Å². The van der Waals surface area contributed by atoms with Gasteiger partial charge in [0, 0.05) is 11.1 Å². The van der Waals surface area contributed by atoms with Crippen LogP contribution >= 0.6 is 0 Å². The Morgan fingerprint density at radius 2 is 2.29 bits per heavy atom. The standard InChI is InChI=1S/C10H10O4/c1-2-14-9-4-3-7(6-11)5-8(9)10(12)13/h3-6H,2H2,1H3,(H,12,13)/p-1. The molecule has 74 valence electrons. The summed E-state index contributed by atoms with van der Waals surface area (Å²) >= 11 is 0. The van der Waals surface area contributed by atoms with Crippen molar-refractivity contribution < 1.29 is 19.4 Å². The normalized spacial score (nSPS) is 9.50. The summed E-state index contributed by atoms with van der Waals surface area (Å²) in [5.41, 5.74) is 0.184. The van der Waals surface area contributed by atoms with Gasteiger partial charge in [-0.3, -0.25) is 4.79 Å². The van der Waals surface area contributed by atoms with Gasteiger partial charge >= 0.3 is 0 Å². The van der Waals surface area contributed by atoms with Crippen molar-refractivity contribution in [2.75, 3.05) is 6.61 Å². The van der Waals surface area contributed by atoms with Crippen LogP contribution in [0, 0.1) is 0 Å². The molecule has 0 spiro atoms. The second kappa shape index (κ2) is 4.41. The topological polar surface area (TPSA) is 66.4 Å². The number of benzene rings is 1. The van der Waals surface area contributed by atoms with E-state index in [1.807, 2.05) is 0 Å². The molecular formula is C10H9O4-. The number of carbonyl (C=O) groups is 2. The molecule has 0 bridgehead atoms. The minimum atomic E-state index is -1.35. The third kappa shape index (κ3) is 2.10. The molecule has 0 heterocycles. The Labute approximate surface area is 81.1 Å². The van der Waals surface area contributed by atoms with E-state index in [1.165, 1.54) is 18.2 Å². The monoisotopic (exact) mass is 193 g/mol. The Kier molecular flexibility index (Phi) is 3.23. The summed E-state index contributed by atoms with van der Waals surface area (Å²) in [4.78, 5) is 21.1. The summed E-state index contributed by atoms with van der Waals surface area (Å²) in [7, 11) is 0. The van der Waals surface area contributed by atoms with E-state index in [2.05, 4.69) is 0 Å². The van der Waals surface area contributed by atoms with Crippen LogP contribution in [0.25, 0.3) is 0 Å². The molecule has 0 N–H and O–H groups in total. The summed E-state index contributed by atoms with van der Waals surface area (Å²) in [6.07, 6.45) is 0.572. The molecule has 0 amide bonds. The smallest absolute Gasteiger partial charge is 0.150 e. The largest absolute Gasteiger partial charge is 0.545 e. The van der Waals surface area contributed by atoms with Gasteiger partial charge in [0.05, 0.1) is 12.6 Å². The fourth-order valence-corrected chi connectivity index (χ4v) is 1.06. The summed E-state index contributed by atoms with van der Waals surface area (Å²) in [6, 6.07) is 4.16. The molecule has 1 aromatic carbocycles. The van der Waals surface area contributed by atoms with Crippen LogP contribution in [0.15, 0.2) is 18.2 Å². The molecule has 0 aliphatic heterocycles. The SMILES string of the molecule is CCOc1ccc(C=O)cc1C(=O)[O-]. The van der Waals surface area contributed by atoms with Gasteiger partial charge in [0.2, 0.25) is 0 Å². The van der Waals surface area contributed by atoms with Crippen molar-refractivity contribution in [1.29, 1.82) is 0 Å². The Balaban J connectivity index is 3.16. The molecule has 0 aliphatic rings. The fourth-order valence-electron chi connectivity index (χ4n) is 1.06. The Bertz CT molecular complexity index is 357. The van der Waals surface area contributed by atoms with Crippen molar-refractivity contribution in [3.05, 3.63) is 29.3 Å². The number of hydrogen-bond acceptors (Lipinski definition) is 4. The van der Waals surface area contributed by atoms with Gasteiger partial charge in [-0.2, -0.15) is 0 Å². The average molecular weight is 193 g/mol. The number of hydrogen-bond donors (Lipinski definition) is 0. The summed E-state index contributed by atoms with van der Waals surface area (Å²) in [5.74, 6) is -1.13. The fraction of sp³-hybridized carbons (Fsp3) is 0.200. The molecule has 14 heavy (non-hydrogen) atoms. The molecule has 4 heteroatoms. The van der Waals surface area contributed by atoms with Crippen LogP contribution < -0.4 is 9.84 Å². The highest BCUT2D eigenvalue weighted by atomic mass is 16.5. The second-order valence-corrected chi connectivity index (χ2v) is 2.59. The number of aldehydes is 1. The van der Waals surface area contributed by atoms with Crippen LogP contribution in [-0.2, 0) is 0 Å². The van der Waals surface area contributed by atoms with Gasteiger partial charge in [-0.05, 0) is 25.1 Å². The quantitative estimate of drug-likeness (QED) is 0.643. The molecule has 0 saturated heterocycles. The molecule has 0 aliphatic carbocycles. The van der Waals surface area contributed by atoms with Crippen LogP contribution in [0.3, 0.4) is 0 Å². The maximum absolute atomic E-state index is 10.7. The van der Waals surface area contributed by atoms with Crippen molar-refractivity contribution in [3.8, 4) is 5.75 Å². The molecule has 4 nitrogen and oxygen atoms in total. The third-order valence-electron chi connectivity index (χ3n) is 1.66. The average Bonchev–Trinajstić information content (AvgIpc) is 2.18. The zero-order valence-electron chi connectivity index (χ0n) is 7.65. The van der Waals surface area contributed by atoms with E-state index in [9.17, 15) is 14.7 Å². The molecule has 1 rings (SSSR count). The zero-order valence-corrected chi connectivity index (χ0v) is 7.65. The van der Waals surface area contributed by atoms with Crippen LogP contribution in [0.5, 0.6) is 5.75 Å². The third-order valence-corrected chi connectivity index (χ3v) is 1.66. The maximum atomic E-state index is 10.7. The first kappa shape index (κ1) is 10.2. The minimum Gasteiger partial charge on any atom is -0.545 e. The lowest BCUT2D eigenvalue weighted by atomic mass is 10.1. The maximum Gasteiger partial charge on any atom is 0.150 e. The van der Waals surface area contributed by atoms with Gasteiger partial charge in [0.1, 0.15) is 12.0 Å². The van der Waals surface area contributed by atoms with Gasteiger partial charge in [0.25, 0.3) is 0 Å². The lowest BCUT2D eigenvalue weighted by Crippen LogP contribution is -2.23. The molecule has 1 aromatic rings. The number of carboxylic acid groups (broad SMARTS) is 1. The first-order chi connectivity index (χ1) is 6.69. The summed E-state index contributed by atoms with van der Waals surface area (Å²) in [6.45, 7) is 2.10. The van der Waals surface area contributed by atoms with Crippen molar-refractivity contribution in [1.82, 2.24) is 0 Å². The van der Waals surface area contributed by atoms with Gasteiger partial charge < -0.3 is 14.6 Å². The van der Waals surface area contributed by atoms with E-state index >= 15 is 0 Å². The predicted octanol–water partition coefficient (Wildman–Crippen LogP) is 0.261. The highest BCUT2D eigenvalue weighted by Gasteiger charge is 2.05. The van der Waals surface area contributed by atoms with Gasteiger partial charge in [0.15, 0.2) is 0 Å². The predicted molar refractivity (Wildman–Crippen MR) is 47.3 cm³/mol. The Morgan fingerprint density at radius 3 is 2.79 bits per heavy atom. The number of carbonyl (C=O) groups excluding carboxylic acids is 2. The lowest BCUT2D eigenvalue weighted by Gasteiger charge is -2.10. The molecule has 0 saturated carbocycles. The Morgan fingerprint density at radius 1 is 1.57 bits per heavy atom. The minimum absolute atomic E-state index is 0.101. The van der Waals surface area contributed by atoms with E-state index in [1.54, 1.807) is 6.92 Å². The van der Waals surface area contributed by atoms with Gasteiger partial charge in [-0.1, -0.05) is 0 Å². The summed E-state index contributed by atoms with van der Waals surface area (Å²) < 4.78 is 5.06. The first-order valence-electron chi connectivity index (χ1n) is 4.12. The Hall–Kier alpha value is -1.84. The second-order valence-electron chi connectivity index (χ2n) is 2.59. The number of carboxylic acids is 1. The van der Waals surface area contributed by atoms with Crippen LogP contribution in [0.1, 0.15) is 27.6 Å². The van der Waals surface area contributed by atoms with Crippen molar-refractivity contribution in [3.63, 3.8) is 0 Å². The molecule has 0 aromatic heterocycles. The number of ether oxygens (including phenoxy) is 1. The molecule has 0 unspecified atom stereocenters.